The second-order valence-corrected chi connectivity index (χ2v) is 9.09. The molecule has 0 aliphatic carbocycles. The number of aromatic nitrogens is 4. The predicted molar refractivity (Wildman–Crippen MR) is 117 cm³/mol. The molecule has 0 radical (unpaired) electrons. The highest BCUT2D eigenvalue weighted by Crippen LogP contribution is 2.46. The Hall–Kier alpha value is -3.13. The summed E-state index contributed by atoms with van der Waals surface area (Å²) < 4.78 is 1.56. The molecular weight excluding hydrogens is 398 g/mol. The van der Waals surface area contributed by atoms with Gasteiger partial charge < -0.3 is 10.0 Å². The van der Waals surface area contributed by atoms with Gasteiger partial charge in [0.05, 0.1) is 10.9 Å². The first kappa shape index (κ1) is 20.2. The monoisotopic (exact) mass is 421 g/mol. The van der Waals surface area contributed by atoms with Crippen molar-refractivity contribution in [3.8, 4) is 11.4 Å². The molecule has 2 aromatic carbocycles. The van der Waals surface area contributed by atoms with Crippen LogP contribution in [0.3, 0.4) is 0 Å². The lowest BCUT2D eigenvalue weighted by Crippen LogP contribution is -2.25. The molecule has 3 aromatic rings. The summed E-state index contributed by atoms with van der Waals surface area (Å²) in [6.45, 7) is 6.13. The number of anilines is 1. The Bertz CT molecular complexity index is 1120. The first-order valence-corrected chi connectivity index (χ1v) is 10.5. The van der Waals surface area contributed by atoms with E-state index in [1.54, 1.807) is 35.0 Å². The van der Waals surface area contributed by atoms with Gasteiger partial charge in [-0.15, -0.1) is 5.10 Å². The largest absolute Gasteiger partial charge is 0.508 e. The zero-order chi connectivity index (χ0) is 21.5. The van der Waals surface area contributed by atoms with Crippen molar-refractivity contribution in [3.05, 3.63) is 65.9 Å². The quantitative estimate of drug-likeness (QED) is 0.496. The Morgan fingerprint density at radius 1 is 1.17 bits per heavy atom. The maximum absolute atomic E-state index is 13.1. The zero-order valence-corrected chi connectivity index (χ0v) is 18.1. The lowest BCUT2D eigenvalue weighted by Gasteiger charge is -2.24. The van der Waals surface area contributed by atoms with E-state index in [0.29, 0.717) is 10.8 Å². The van der Waals surface area contributed by atoms with Crippen molar-refractivity contribution in [2.45, 2.75) is 36.6 Å². The molecule has 1 aliphatic heterocycles. The number of phenolic OH excluding ortho intramolecular Hbond substituents is 1. The van der Waals surface area contributed by atoms with Crippen LogP contribution in [0.15, 0.2) is 65.5 Å². The molecule has 0 saturated carbocycles. The summed E-state index contributed by atoms with van der Waals surface area (Å²) in [5.74, 6) is 0.170. The molecule has 1 aromatic heterocycles. The number of carbonyl (C=O) groups is 1. The molecule has 4 rings (SSSR count). The van der Waals surface area contributed by atoms with Gasteiger partial charge in [0, 0.05) is 29.9 Å². The SMILES string of the molecule is CC(Sc1nnnn1-c1ccc(O)cc1)C(=O)C=C1N(C)c2ccccc2C1(C)C. The molecule has 0 saturated heterocycles. The number of hydrogen-bond acceptors (Lipinski definition) is 7. The van der Waals surface area contributed by atoms with Crippen LogP contribution in [0.4, 0.5) is 5.69 Å². The standard InChI is InChI=1S/C22H23N5O2S/c1-14(30-21-23-24-25-27(21)15-9-11-16(28)12-10-15)19(29)13-20-22(2,3)17-7-5-6-8-18(17)26(20)4/h5-14,28H,1-4H3. The number of nitrogens with zero attached hydrogens (tertiary/aromatic N) is 5. The van der Waals surface area contributed by atoms with Gasteiger partial charge in [-0.25, -0.2) is 0 Å². The van der Waals surface area contributed by atoms with Gasteiger partial charge in [0.25, 0.3) is 0 Å². The van der Waals surface area contributed by atoms with E-state index in [0.717, 1.165) is 11.4 Å². The van der Waals surface area contributed by atoms with E-state index in [4.69, 9.17) is 0 Å². The number of thioether (sulfide) groups is 1. The summed E-state index contributed by atoms with van der Waals surface area (Å²) in [5, 5.41) is 21.5. The molecule has 0 bridgehead atoms. The van der Waals surface area contributed by atoms with E-state index >= 15 is 0 Å². The molecule has 1 unspecified atom stereocenters. The Labute approximate surface area is 179 Å². The number of benzene rings is 2. The molecule has 0 fully saturated rings. The van der Waals surface area contributed by atoms with Crippen molar-refractivity contribution in [3.63, 3.8) is 0 Å². The number of hydrogen-bond donors (Lipinski definition) is 1. The molecule has 7 nitrogen and oxygen atoms in total. The molecule has 0 amide bonds. The van der Waals surface area contributed by atoms with Crippen LogP contribution in [0.25, 0.3) is 5.69 Å². The van der Waals surface area contributed by atoms with E-state index < -0.39 is 0 Å². The minimum Gasteiger partial charge on any atom is -0.508 e. The molecule has 154 valence electrons. The number of likely N-dealkylation sites (N-methyl/N-ethyl adjacent to an activating group) is 1. The van der Waals surface area contributed by atoms with Gasteiger partial charge in [0.15, 0.2) is 5.78 Å². The van der Waals surface area contributed by atoms with Crippen LogP contribution < -0.4 is 4.90 Å². The number of phenols is 1. The summed E-state index contributed by atoms with van der Waals surface area (Å²) in [4.78, 5) is 15.2. The summed E-state index contributed by atoms with van der Waals surface area (Å²) >= 11 is 1.30. The third-order valence-electron chi connectivity index (χ3n) is 5.44. The van der Waals surface area contributed by atoms with Crippen LogP contribution >= 0.6 is 11.8 Å². The molecule has 0 spiro atoms. The Kier molecular flexibility index (Phi) is 5.11. The molecule has 2 heterocycles. The summed E-state index contributed by atoms with van der Waals surface area (Å²) in [5.41, 5.74) is 3.77. The third-order valence-corrected chi connectivity index (χ3v) is 6.49. The zero-order valence-electron chi connectivity index (χ0n) is 17.3. The van der Waals surface area contributed by atoms with Crippen molar-refractivity contribution in [2.75, 3.05) is 11.9 Å². The van der Waals surface area contributed by atoms with Crippen LogP contribution in [0.2, 0.25) is 0 Å². The van der Waals surface area contributed by atoms with E-state index in [-0.39, 0.29) is 22.2 Å². The lowest BCUT2D eigenvalue weighted by atomic mass is 9.83. The van der Waals surface area contributed by atoms with E-state index in [2.05, 4.69) is 46.4 Å². The second kappa shape index (κ2) is 7.60. The Morgan fingerprint density at radius 2 is 1.87 bits per heavy atom. The van der Waals surface area contributed by atoms with Crippen molar-refractivity contribution in [1.82, 2.24) is 20.2 Å². The number of aromatic hydroxyl groups is 1. The summed E-state index contributed by atoms with van der Waals surface area (Å²) in [6, 6.07) is 14.8. The number of ketones is 1. The van der Waals surface area contributed by atoms with Gasteiger partial charge in [0.2, 0.25) is 5.16 Å². The number of fused-ring (bicyclic) bond motifs is 1. The maximum atomic E-state index is 13.1. The highest BCUT2D eigenvalue weighted by atomic mass is 32.2. The van der Waals surface area contributed by atoms with E-state index in [1.165, 1.54) is 17.3 Å². The Balaban J connectivity index is 1.56. The number of allylic oxidation sites excluding steroid dienone is 2. The average molecular weight is 422 g/mol. The van der Waals surface area contributed by atoms with E-state index in [9.17, 15) is 9.90 Å². The fraction of sp³-hybridized carbons (Fsp3) is 0.273. The molecule has 1 aliphatic rings. The van der Waals surface area contributed by atoms with Crippen molar-refractivity contribution >= 4 is 23.2 Å². The van der Waals surface area contributed by atoms with Crippen LogP contribution in [-0.2, 0) is 10.2 Å². The summed E-state index contributed by atoms with van der Waals surface area (Å²) in [7, 11) is 2.00. The fourth-order valence-corrected chi connectivity index (χ4v) is 4.56. The highest BCUT2D eigenvalue weighted by Gasteiger charge is 2.38. The Morgan fingerprint density at radius 3 is 2.57 bits per heavy atom. The maximum Gasteiger partial charge on any atom is 0.214 e. The molecule has 8 heteroatoms. The average Bonchev–Trinajstić information content (AvgIpc) is 3.26. The minimum absolute atomic E-state index is 0.00277. The van der Waals surface area contributed by atoms with Crippen LogP contribution in [0.1, 0.15) is 26.3 Å². The first-order chi connectivity index (χ1) is 14.3. The van der Waals surface area contributed by atoms with Gasteiger partial charge in [-0.2, -0.15) is 4.68 Å². The highest BCUT2D eigenvalue weighted by molar-refractivity contribution is 8.00. The first-order valence-electron chi connectivity index (χ1n) is 9.62. The summed E-state index contributed by atoms with van der Waals surface area (Å²) in [6.07, 6.45) is 1.74. The van der Waals surface area contributed by atoms with Gasteiger partial charge in [-0.1, -0.05) is 43.8 Å². The van der Waals surface area contributed by atoms with E-state index in [1.807, 2.05) is 26.1 Å². The van der Waals surface area contributed by atoms with Gasteiger partial charge in [-0.3, -0.25) is 4.79 Å². The van der Waals surface area contributed by atoms with Gasteiger partial charge in [0.1, 0.15) is 5.75 Å². The molecule has 30 heavy (non-hydrogen) atoms. The van der Waals surface area contributed by atoms with Crippen LogP contribution in [0.5, 0.6) is 5.75 Å². The fourth-order valence-electron chi connectivity index (χ4n) is 3.74. The smallest absolute Gasteiger partial charge is 0.214 e. The topological polar surface area (TPSA) is 84.1 Å². The molecule has 1 atom stereocenters. The number of tetrazole rings is 1. The van der Waals surface area contributed by atoms with Crippen molar-refractivity contribution in [2.24, 2.45) is 0 Å². The lowest BCUT2D eigenvalue weighted by molar-refractivity contribution is -0.114. The number of rotatable bonds is 5. The molecular formula is C22H23N5O2S. The number of carbonyl (C=O) groups excluding carboxylic acids is 1. The molecule has 1 N–H and O–H groups in total. The van der Waals surface area contributed by atoms with Crippen LogP contribution in [-0.4, -0.2) is 43.4 Å². The van der Waals surface area contributed by atoms with Gasteiger partial charge >= 0.3 is 0 Å². The van der Waals surface area contributed by atoms with Crippen molar-refractivity contribution < 1.29 is 9.90 Å². The minimum atomic E-state index is -0.368. The number of para-hydroxylation sites is 1. The second-order valence-electron chi connectivity index (χ2n) is 7.78. The van der Waals surface area contributed by atoms with Gasteiger partial charge in [-0.05, 0) is 53.2 Å². The predicted octanol–water partition coefficient (Wildman–Crippen LogP) is 3.73. The van der Waals surface area contributed by atoms with Crippen molar-refractivity contribution in [1.29, 1.82) is 0 Å². The third kappa shape index (κ3) is 3.47. The van der Waals surface area contributed by atoms with Crippen LogP contribution in [0, 0.1) is 0 Å². The normalized spacial score (nSPS) is 17.2.